The van der Waals surface area contributed by atoms with E-state index in [-0.39, 0.29) is 0 Å². The van der Waals surface area contributed by atoms with Gasteiger partial charge >= 0.3 is 0 Å². The Morgan fingerprint density at radius 2 is 1.77 bits per heavy atom. The number of hydrazine groups is 1. The molecule has 1 atom stereocenters. The third kappa shape index (κ3) is 2.88. The molecule has 0 aliphatic carbocycles. The van der Waals surface area contributed by atoms with Crippen LogP contribution < -0.4 is 26.6 Å². The van der Waals surface area contributed by atoms with Crippen LogP contribution in [-0.2, 0) is 5.66 Å². The number of aromatic nitrogens is 2. The summed E-state index contributed by atoms with van der Waals surface area (Å²) in [6.07, 6.45) is 3.24. The number of nitrogens with zero attached hydrogens (tertiary/aromatic N) is 3. The Balaban J connectivity index is 1.63. The lowest BCUT2D eigenvalue weighted by molar-refractivity contribution is 0.432. The van der Waals surface area contributed by atoms with E-state index in [9.17, 15) is 0 Å². The fourth-order valence-corrected chi connectivity index (χ4v) is 3.06. The average Bonchev–Trinajstić information content (AvgIpc) is 2.97. The van der Waals surface area contributed by atoms with Gasteiger partial charge in [0.15, 0.2) is 5.82 Å². The van der Waals surface area contributed by atoms with E-state index < -0.39 is 5.66 Å². The van der Waals surface area contributed by atoms with Crippen LogP contribution in [0.3, 0.4) is 0 Å². The molecule has 5 N–H and O–H groups in total. The Morgan fingerprint density at radius 1 is 1.04 bits per heavy atom. The van der Waals surface area contributed by atoms with E-state index in [1.165, 1.54) is 6.33 Å². The van der Waals surface area contributed by atoms with E-state index in [1.807, 2.05) is 59.6 Å². The zero-order valence-corrected chi connectivity index (χ0v) is 14.2. The molecule has 0 spiro atoms. The van der Waals surface area contributed by atoms with Gasteiger partial charge in [0, 0.05) is 19.3 Å². The molecule has 0 saturated heterocycles. The summed E-state index contributed by atoms with van der Waals surface area (Å²) >= 11 is 0. The molecule has 0 saturated carbocycles. The highest BCUT2D eigenvalue weighted by Gasteiger charge is 2.41. The van der Waals surface area contributed by atoms with Crippen molar-refractivity contribution in [3.8, 4) is 11.5 Å². The number of para-hydroxylation sites is 1. The van der Waals surface area contributed by atoms with Gasteiger partial charge in [-0.3, -0.25) is 5.01 Å². The summed E-state index contributed by atoms with van der Waals surface area (Å²) in [7, 11) is 0. The van der Waals surface area contributed by atoms with Crippen LogP contribution in [0.2, 0.25) is 0 Å². The van der Waals surface area contributed by atoms with Crippen molar-refractivity contribution in [3.05, 3.63) is 78.2 Å². The number of anilines is 1. The Kier molecular flexibility index (Phi) is 4.26. The summed E-state index contributed by atoms with van der Waals surface area (Å²) in [5.41, 5.74) is 16.5. The van der Waals surface area contributed by atoms with Gasteiger partial charge < -0.3 is 16.2 Å². The fraction of sp³-hybridized carbons (Fsp3) is 0.158. The number of benzene rings is 2. The van der Waals surface area contributed by atoms with Crippen molar-refractivity contribution in [2.45, 2.75) is 5.66 Å². The van der Waals surface area contributed by atoms with E-state index in [0.717, 1.165) is 28.4 Å². The molecule has 7 nitrogen and oxygen atoms in total. The maximum absolute atomic E-state index is 6.70. The van der Waals surface area contributed by atoms with Crippen LogP contribution in [0.25, 0.3) is 0 Å². The molecule has 26 heavy (non-hydrogen) atoms. The van der Waals surface area contributed by atoms with Crippen molar-refractivity contribution < 1.29 is 4.74 Å². The van der Waals surface area contributed by atoms with Crippen molar-refractivity contribution in [2.24, 2.45) is 11.5 Å². The molecule has 1 aromatic heterocycles. The summed E-state index contributed by atoms with van der Waals surface area (Å²) in [6, 6.07) is 17.3. The highest BCUT2D eigenvalue weighted by molar-refractivity contribution is 5.58. The fourth-order valence-electron chi connectivity index (χ4n) is 3.06. The molecule has 0 bridgehead atoms. The first-order valence-electron chi connectivity index (χ1n) is 8.39. The molecule has 1 unspecified atom stereocenters. The van der Waals surface area contributed by atoms with Crippen LogP contribution in [0.1, 0.15) is 11.1 Å². The largest absolute Gasteiger partial charge is 0.457 e. The van der Waals surface area contributed by atoms with Crippen molar-refractivity contribution in [1.82, 2.24) is 15.4 Å². The van der Waals surface area contributed by atoms with Crippen LogP contribution >= 0.6 is 0 Å². The number of hydrogen-bond acceptors (Lipinski definition) is 7. The third-order valence-electron chi connectivity index (χ3n) is 4.32. The molecule has 7 heteroatoms. The predicted octanol–water partition coefficient (Wildman–Crippen LogP) is 1.71. The number of rotatable bonds is 5. The summed E-state index contributed by atoms with van der Waals surface area (Å²) < 4.78 is 5.85. The summed E-state index contributed by atoms with van der Waals surface area (Å²) in [6.45, 7) is 1.08. The topological polar surface area (TPSA) is 102 Å². The van der Waals surface area contributed by atoms with Gasteiger partial charge in [-0.25, -0.2) is 15.4 Å². The molecule has 132 valence electrons. The van der Waals surface area contributed by atoms with Gasteiger partial charge in [-0.15, -0.1) is 0 Å². The molecular weight excluding hydrogens is 328 g/mol. The SMILES string of the molecule is NCCN1NC(N)(c2ccc(Oc3ccccc3)cc2)c2cncnc21. The molecule has 1 aliphatic heterocycles. The summed E-state index contributed by atoms with van der Waals surface area (Å²) in [5.74, 6) is 2.28. The smallest absolute Gasteiger partial charge is 0.153 e. The highest BCUT2D eigenvalue weighted by atomic mass is 16.5. The lowest BCUT2D eigenvalue weighted by Crippen LogP contribution is -2.54. The second-order valence-corrected chi connectivity index (χ2v) is 6.06. The first-order valence-corrected chi connectivity index (χ1v) is 8.39. The van der Waals surface area contributed by atoms with Gasteiger partial charge in [0.1, 0.15) is 23.5 Å². The zero-order chi connectivity index (χ0) is 18.0. The van der Waals surface area contributed by atoms with E-state index >= 15 is 0 Å². The summed E-state index contributed by atoms with van der Waals surface area (Å²) in [5, 5.41) is 1.87. The minimum atomic E-state index is -0.920. The van der Waals surface area contributed by atoms with Gasteiger partial charge in [0.05, 0.1) is 5.56 Å². The van der Waals surface area contributed by atoms with Crippen LogP contribution in [0.4, 0.5) is 5.82 Å². The minimum absolute atomic E-state index is 0.483. The molecule has 4 rings (SSSR count). The molecule has 2 aromatic carbocycles. The van der Waals surface area contributed by atoms with Crippen molar-refractivity contribution in [3.63, 3.8) is 0 Å². The van der Waals surface area contributed by atoms with Gasteiger partial charge in [-0.1, -0.05) is 30.3 Å². The van der Waals surface area contributed by atoms with Crippen LogP contribution in [0.15, 0.2) is 67.1 Å². The van der Waals surface area contributed by atoms with Gasteiger partial charge in [-0.2, -0.15) is 0 Å². The highest BCUT2D eigenvalue weighted by Crippen LogP contribution is 2.36. The summed E-state index contributed by atoms with van der Waals surface area (Å²) in [4.78, 5) is 8.48. The molecule has 0 amide bonds. The van der Waals surface area contributed by atoms with Crippen molar-refractivity contribution >= 4 is 5.82 Å². The van der Waals surface area contributed by atoms with Crippen LogP contribution in [0.5, 0.6) is 11.5 Å². The molecular formula is C19H20N6O. The standard InChI is InChI=1S/C19H20N6O/c20-10-11-25-18-17(12-22-13-23-18)19(21,24-25)14-6-8-16(9-7-14)26-15-4-2-1-3-5-15/h1-9,12-13,24H,10-11,20-21H2. The normalized spacial score (nSPS) is 18.6. The van der Waals surface area contributed by atoms with E-state index in [2.05, 4.69) is 15.4 Å². The number of ether oxygens (including phenoxy) is 1. The van der Waals surface area contributed by atoms with Gasteiger partial charge in [0.25, 0.3) is 0 Å². The number of fused-ring (bicyclic) bond motifs is 1. The Bertz CT molecular complexity index is 886. The first kappa shape index (κ1) is 16.5. The zero-order valence-electron chi connectivity index (χ0n) is 14.2. The predicted molar refractivity (Wildman–Crippen MR) is 99.5 cm³/mol. The Morgan fingerprint density at radius 3 is 2.50 bits per heavy atom. The van der Waals surface area contributed by atoms with E-state index in [1.54, 1.807) is 6.20 Å². The molecule has 1 aliphatic rings. The van der Waals surface area contributed by atoms with Gasteiger partial charge in [-0.05, 0) is 29.8 Å². The number of nitrogens with two attached hydrogens (primary N) is 2. The monoisotopic (exact) mass is 348 g/mol. The number of nitrogens with one attached hydrogen (secondary N) is 1. The minimum Gasteiger partial charge on any atom is -0.457 e. The average molecular weight is 348 g/mol. The van der Waals surface area contributed by atoms with E-state index in [4.69, 9.17) is 16.2 Å². The van der Waals surface area contributed by atoms with Crippen LogP contribution in [-0.4, -0.2) is 23.1 Å². The van der Waals surface area contributed by atoms with Crippen LogP contribution in [0, 0.1) is 0 Å². The molecule has 0 fully saturated rings. The lowest BCUT2D eigenvalue weighted by Gasteiger charge is -2.28. The first-order chi connectivity index (χ1) is 12.7. The second kappa shape index (κ2) is 6.72. The number of hydrogen-bond donors (Lipinski definition) is 3. The molecule has 2 heterocycles. The molecule has 3 aromatic rings. The van der Waals surface area contributed by atoms with Gasteiger partial charge in [0.2, 0.25) is 0 Å². The Labute approximate surface area is 151 Å². The Hall–Kier alpha value is -3.00. The molecule has 0 radical (unpaired) electrons. The van der Waals surface area contributed by atoms with Crippen molar-refractivity contribution in [1.29, 1.82) is 0 Å². The maximum Gasteiger partial charge on any atom is 0.153 e. The van der Waals surface area contributed by atoms with E-state index in [0.29, 0.717) is 13.1 Å². The second-order valence-electron chi connectivity index (χ2n) is 6.06. The van der Waals surface area contributed by atoms with Crippen molar-refractivity contribution in [2.75, 3.05) is 18.1 Å². The maximum atomic E-state index is 6.70. The lowest BCUT2D eigenvalue weighted by atomic mass is 9.95. The third-order valence-corrected chi connectivity index (χ3v) is 4.32. The quantitative estimate of drug-likeness (QED) is 0.645.